The number of aromatic nitrogens is 3. The van der Waals surface area contributed by atoms with Crippen LogP contribution in [0.2, 0.25) is 0 Å². The van der Waals surface area contributed by atoms with E-state index in [-0.39, 0.29) is 5.92 Å². The number of furan rings is 1. The molecular weight excluding hydrogens is 655 g/mol. The predicted octanol–water partition coefficient (Wildman–Crippen LogP) is 11.1. The quantitative estimate of drug-likeness (QED) is 0.186. The standard InChI is InChI=1S/C47H29N3OS/c1-5-15-38-30(10-1)36-26-28(20-22-40(36)49(38)42-17-9-14-34-32-12-3-7-18-43(32)51-45(34)42)29-21-23-41-37(27-29)31-11-2-6-16-39(31)50(41)47-46-35(24-25-48-47)33-13-4-8-19-44(33)52-46/h1-20,22-27,29H,21H2. The Hall–Kier alpha value is -6.43. The molecule has 6 aromatic carbocycles. The Labute approximate surface area is 301 Å². The third-order valence-electron chi connectivity index (χ3n) is 11.1. The Kier molecular flexibility index (Phi) is 5.74. The van der Waals surface area contributed by atoms with Crippen molar-refractivity contribution in [2.45, 2.75) is 12.3 Å². The van der Waals surface area contributed by atoms with Gasteiger partial charge < -0.3 is 8.98 Å². The summed E-state index contributed by atoms with van der Waals surface area (Å²) < 4.78 is 13.8. The van der Waals surface area contributed by atoms with E-state index in [9.17, 15) is 0 Å². The molecule has 244 valence electrons. The van der Waals surface area contributed by atoms with Crippen LogP contribution in [0, 0.1) is 0 Å². The molecule has 5 heterocycles. The minimum Gasteiger partial charge on any atom is -0.454 e. The molecule has 11 aromatic rings. The van der Waals surface area contributed by atoms with Crippen LogP contribution in [0.25, 0.3) is 98.5 Å². The van der Waals surface area contributed by atoms with Crippen molar-refractivity contribution in [2.24, 2.45) is 0 Å². The van der Waals surface area contributed by atoms with Crippen molar-refractivity contribution < 1.29 is 4.42 Å². The minimum absolute atomic E-state index is 0.241. The van der Waals surface area contributed by atoms with Crippen LogP contribution in [0.3, 0.4) is 0 Å². The molecule has 0 saturated heterocycles. The smallest absolute Gasteiger partial charge is 0.159 e. The molecule has 0 spiro atoms. The zero-order valence-electron chi connectivity index (χ0n) is 28.0. The minimum atomic E-state index is 0.241. The maximum absolute atomic E-state index is 6.53. The van der Waals surface area contributed by atoms with Gasteiger partial charge in [0.25, 0.3) is 0 Å². The van der Waals surface area contributed by atoms with Gasteiger partial charge in [0.1, 0.15) is 5.58 Å². The van der Waals surface area contributed by atoms with Crippen LogP contribution in [0.5, 0.6) is 0 Å². The lowest BCUT2D eigenvalue weighted by Gasteiger charge is -2.15. The zero-order chi connectivity index (χ0) is 33.9. The Bertz CT molecular complexity index is 3410. The Balaban J connectivity index is 1.05. The van der Waals surface area contributed by atoms with E-state index in [1.165, 1.54) is 69.0 Å². The number of para-hydroxylation sites is 4. The number of benzene rings is 6. The van der Waals surface area contributed by atoms with Crippen molar-refractivity contribution in [2.75, 3.05) is 0 Å². The Morgan fingerprint density at radius 1 is 0.596 bits per heavy atom. The van der Waals surface area contributed by atoms with Crippen LogP contribution in [-0.2, 0) is 0 Å². The average molecular weight is 684 g/mol. The van der Waals surface area contributed by atoms with E-state index >= 15 is 0 Å². The lowest BCUT2D eigenvalue weighted by Crippen LogP contribution is -2.32. The summed E-state index contributed by atoms with van der Waals surface area (Å²) in [6.45, 7) is 0. The van der Waals surface area contributed by atoms with Crippen LogP contribution in [-0.4, -0.2) is 14.1 Å². The van der Waals surface area contributed by atoms with Gasteiger partial charge >= 0.3 is 0 Å². The van der Waals surface area contributed by atoms with Gasteiger partial charge in [-0.1, -0.05) is 103 Å². The number of thiophene rings is 1. The summed E-state index contributed by atoms with van der Waals surface area (Å²) >= 11 is 1.83. The SMILES string of the molecule is C1=c2c(n(-c3nccc4c3sc3ccccc34)c3ccccc23)=CCC1c1ccc2c(c1)c1ccccc1n2-c1cccc2c1oc1ccccc12. The summed E-state index contributed by atoms with van der Waals surface area (Å²) in [5, 5.41) is 11.1. The highest BCUT2D eigenvalue weighted by Gasteiger charge is 2.22. The second kappa shape index (κ2) is 10.5. The topological polar surface area (TPSA) is 35.9 Å². The van der Waals surface area contributed by atoms with Gasteiger partial charge in [-0.15, -0.1) is 11.3 Å². The molecule has 0 N–H and O–H groups in total. The number of hydrogen-bond donors (Lipinski definition) is 0. The lowest BCUT2D eigenvalue weighted by molar-refractivity contribution is 0.666. The van der Waals surface area contributed by atoms with Crippen molar-refractivity contribution in [3.8, 4) is 11.5 Å². The molecule has 1 aliphatic rings. The van der Waals surface area contributed by atoms with Gasteiger partial charge in [-0.2, -0.15) is 0 Å². The first-order valence-electron chi connectivity index (χ1n) is 17.8. The first-order valence-corrected chi connectivity index (χ1v) is 18.6. The summed E-state index contributed by atoms with van der Waals surface area (Å²) in [6, 6.07) is 50.3. The Morgan fingerprint density at radius 2 is 1.33 bits per heavy atom. The van der Waals surface area contributed by atoms with E-state index in [0.29, 0.717) is 0 Å². The van der Waals surface area contributed by atoms with Crippen LogP contribution in [0.1, 0.15) is 17.9 Å². The molecule has 5 aromatic heterocycles. The highest BCUT2D eigenvalue weighted by Crippen LogP contribution is 2.40. The number of pyridine rings is 1. The predicted molar refractivity (Wildman–Crippen MR) is 218 cm³/mol. The van der Waals surface area contributed by atoms with Crippen molar-refractivity contribution in [1.82, 2.24) is 14.1 Å². The first kappa shape index (κ1) is 28.3. The molecule has 12 rings (SSSR count). The summed E-state index contributed by atoms with van der Waals surface area (Å²) in [7, 11) is 0. The molecule has 0 aliphatic heterocycles. The highest BCUT2D eigenvalue weighted by atomic mass is 32.1. The number of rotatable bonds is 3. The molecule has 0 bridgehead atoms. The van der Waals surface area contributed by atoms with Crippen molar-refractivity contribution in [1.29, 1.82) is 0 Å². The molecule has 0 saturated carbocycles. The third-order valence-corrected chi connectivity index (χ3v) is 12.3. The third kappa shape index (κ3) is 3.83. The zero-order valence-corrected chi connectivity index (χ0v) is 28.8. The maximum Gasteiger partial charge on any atom is 0.159 e. The van der Waals surface area contributed by atoms with E-state index in [2.05, 4.69) is 155 Å². The fourth-order valence-electron chi connectivity index (χ4n) is 8.82. The molecule has 1 aliphatic carbocycles. The summed E-state index contributed by atoms with van der Waals surface area (Å²) in [4.78, 5) is 5.03. The highest BCUT2D eigenvalue weighted by molar-refractivity contribution is 7.26. The van der Waals surface area contributed by atoms with Gasteiger partial charge in [-0.3, -0.25) is 4.57 Å². The molecule has 0 amide bonds. The summed E-state index contributed by atoms with van der Waals surface area (Å²) in [6.07, 6.45) is 7.81. The summed E-state index contributed by atoms with van der Waals surface area (Å²) in [5.74, 6) is 1.25. The van der Waals surface area contributed by atoms with Gasteiger partial charge in [-0.05, 0) is 60.5 Å². The Morgan fingerprint density at radius 3 is 2.23 bits per heavy atom. The van der Waals surface area contributed by atoms with Crippen LogP contribution in [0.15, 0.2) is 150 Å². The van der Waals surface area contributed by atoms with Crippen LogP contribution < -0.4 is 10.6 Å². The van der Waals surface area contributed by atoms with Crippen molar-refractivity contribution in [3.63, 3.8) is 0 Å². The first-order chi connectivity index (χ1) is 25.8. The van der Waals surface area contributed by atoms with Crippen LogP contribution >= 0.6 is 11.3 Å². The van der Waals surface area contributed by atoms with Crippen LogP contribution in [0.4, 0.5) is 0 Å². The fraction of sp³-hybridized carbons (Fsp3) is 0.0426. The van der Waals surface area contributed by atoms with E-state index < -0.39 is 0 Å². The molecule has 5 heteroatoms. The molecule has 0 fully saturated rings. The summed E-state index contributed by atoms with van der Waals surface area (Å²) in [5.41, 5.74) is 7.75. The molecule has 4 nitrogen and oxygen atoms in total. The second-order valence-corrected chi connectivity index (χ2v) is 14.9. The van der Waals surface area contributed by atoms with E-state index in [1.54, 1.807) is 0 Å². The van der Waals surface area contributed by atoms with Gasteiger partial charge in [0.15, 0.2) is 11.4 Å². The van der Waals surface area contributed by atoms with Gasteiger partial charge in [0.05, 0.1) is 32.3 Å². The fourth-order valence-corrected chi connectivity index (χ4v) is 9.99. The van der Waals surface area contributed by atoms with Crippen molar-refractivity contribution in [3.05, 3.63) is 162 Å². The molecule has 1 atom stereocenters. The normalized spacial score (nSPS) is 14.6. The molecule has 0 radical (unpaired) electrons. The molecule has 52 heavy (non-hydrogen) atoms. The molecule has 1 unspecified atom stereocenters. The number of nitrogens with zero attached hydrogens (tertiary/aromatic N) is 3. The second-order valence-electron chi connectivity index (χ2n) is 13.9. The monoisotopic (exact) mass is 683 g/mol. The van der Waals surface area contributed by atoms with Crippen molar-refractivity contribution >= 4 is 98.3 Å². The largest absolute Gasteiger partial charge is 0.454 e. The molecular formula is C47H29N3OS. The van der Waals surface area contributed by atoms with E-state index in [1.807, 2.05) is 23.6 Å². The van der Waals surface area contributed by atoms with Gasteiger partial charge in [0.2, 0.25) is 0 Å². The van der Waals surface area contributed by atoms with Gasteiger partial charge in [-0.25, -0.2) is 4.98 Å². The number of hydrogen-bond acceptors (Lipinski definition) is 3. The lowest BCUT2D eigenvalue weighted by atomic mass is 9.90. The number of fused-ring (bicyclic) bond motifs is 12. The van der Waals surface area contributed by atoms with E-state index in [4.69, 9.17) is 9.40 Å². The van der Waals surface area contributed by atoms with E-state index in [0.717, 1.165) is 39.9 Å². The average Bonchev–Trinajstić information content (AvgIpc) is 3.95. The maximum atomic E-state index is 6.53. The van der Waals surface area contributed by atoms with Gasteiger partial charge in [0, 0.05) is 59.7 Å².